The molecule has 1 atom stereocenters. The summed E-state index contributed by atoms with van der Waals surface area (Å²) >= 11 is 0. The van der Waals surface area contributed by atoms with Crippen molar-refractivity contribution in [3.05, 3.63) is 0 Å². The van der Waals surface area contributed by atoms with Gasteiger partial charge in [-0.15, -0.1) is 12.4 Å². The van der Waals surface area contributed by atoms with E-state index in [0.29, 0.717) is 12.8 Å². The van der Waals surface area contributed by atoms with Crippen LogP contribution in [0.2, 0.25) is 0 Å². The van der Waals surface area contributed by atoms with Gasteiger partial charge in [-0.3, -0.25) is 4.79 Å². The predicted molar refractivity (Wildman–Crippen MR) is 74.6 cm³/mol. The molecule has 1 saturated carbocycles. The van der Waals surface area contributed by atoms with Crippen molar-refractivity contribution >= 4 is 18.3 Å². The molecule has 120 valence electrons. The molecule has 3 N–H and O–H groups in total. The van der Waals surface area contributed by atoms with Crippen LogP contribution in [0.5, 0.6) is 0 Å². The average molecular weight is 317 g/mol. The van der Waals surface area contributed by atoms with E-state index < -0.39 is 18.1 Å². The first-order valence-corrected chi connectivity index (χ1v) is 6.64. The van der Waals surface area contributed by atoms with Gasteiger partial charge in [0.25, 0.3) is 0 Å². The van der Waals surface area contributed by atoms with E-state index in [9.17, 15) is 18.0 Å². The second kappa shape index (κ2) is 6.98. The number of nitrogens with two attached hydrogens (primary N) is 1. The van der Waals surface area contributed by atoms with E-state index in [1.807, 2.05) is 20.8 Å². The molecule has 20 heavy (non-hydrogen) atoms. The number of hydrogen-bond donors (Lipinski definition) is 2. The Hall–Kier alpha value is -0.490. The Bertz CT molecular complexity index is 321. The minimum absolute atomic E-state index is 0. The molecule has 0 aromatic heterocycles. The summed E-state index contributed by atoms with van der Waals surface area (Å²) in [5, 5.41) is 2.77. The zero-order chi connectivity index (χ0) is 14.8. The minimum Gasteiger partial charge on any atom is -0.352 e. The third-order valence-electron chi connectivity index (χ3n) is 3.75. The topological polar surface area (TPSA) is 55.1 Å². The van der Waals surface area contributed by atoms with E-state index >= 15 is 0 Å². The summed E-state index contributed by atoms with van der Waals surface area (Å²) in [5.74, 6) is -1.50. The fraction of sp³-hybridized carbons (Fsp3) is 0.923. The zero-order valence-corrected chi connectivity index (χ0v) is 12.9. The van der Waals surface area contributed by atoms with Crippen molar-refractivity contribution in [1.82, 2.24) is 5.32 Å². The van der Waals surface area contributed by atoms with E-state index in [4.69, 9.17) is 5.73 Å². The van der Waals surface area contributed by atoms with Crippen LogP contribution in [-0.4, -0.2) is 24.2 Å². The molecule has 1 fully saturated rings. The van der Waals surface area contributed by atoms with Crippen LogP contribution in [-0.2, 0) is 4.79 Å². The first-order chi connectivity index (χ1) is 8.51. The van der Waals surface area contributed by atoms with Crippen LogP contribution in [0.1, 0.15) is 46.5 Å². The van der Waals surface area contributed by atoms with Crippen LogP contribution in [0.25, 0.3) is 0 Å². The van der Waals surface area contributed by atoms with Gasteiger partial charge in [0.1, 0.15) is 0 Å². The van der Waals surface area contributed by atoms with Gasteiger partial charge in [0.15, 0.2) is 0 Å². The monoisotopic (exact) mass is 316 g/mol. The Kier molecular flexibility index (Phi) is 6.81. The summed E-state index contributed by atoms with van der Waals surface area (Å²) in [5.41, 5.74) is 5.46. The maximum absolute atomic E-state index is 12.5. The molecule has 0 aromatic carbocycles. The van der Waals surface area contributed by atoms with E-state index in [1.54, 1.807) is 0 Å². The second-order valence-electron chi connectivity index (χ2n) is 6.44. The van der Waals surface area contributed by atoms with E-state index in [1.165, 1.54) is 0 Å². The normalized spacial score (nSPS) is 25.6. The molecular weight excluding hydrogens is 293 g/mol. The molecule has 7 heteroatoms. The predicted octanol–water partition coefficient (Wildman–Crippen LogP) is 3.02. The molecule has 1 aliphatic carbocycles. The number of nitrogens with one attached hydrogen (secondary N) is 1. The fourth-order valence-corrected chi connectivity index (χ4v) is 2.25. The molecule has 1 amide bonds. The van der Waals surface area contributed by atoms with Gasteiger partial charge < -0.3 is 11.1 Å². The maximum atomic E-state index is 12.5. The van der Waals surface area contributed by atoms with Crippen LogP contribution in [0.4, 0.5) is 13.2 Å². The highest BCUT2D eigenvalue weighted by molar-refractivity contribution is 5.85. The Balaban J connectivity index is 0.00000361. The average Bonchev–Trinajstić information content (AvgIpc) is 2.26. The van der Waals surface area contributed by atoms with Gasteiger partial charge >= 0.3 is 6.18 Å². The standard InChI is InChI=1S/C13H23F3N2O.ClH/c1-12(2,3)10(17)11(19)18-9-6-4-8(5-7-9)13(14,15)16;/h8-10H,4-7,17H2,1-3H3,(H,18,19);1H/t8?,9?,10-;/m1./s1. The summed E-state index contributed by atoms with van der Waals surface area (Å²) in [7, 11) is 0. The third kappa shape index (κ3) is 5.48. The van der Waals surface area contributed by atoms with Gasteiger partial charge in [0, 0.05) is 6.04 Å². The second-order valence-corrected chi connectivity index (χ2v) is 6.44. The van der Waals surface area contributed by atoms with Crippen LogP contribution in [0.15, 0.2) is 0 Å². The highest BCUT2D eigenvalue weighted by Crippen LogP contribution is 2.37. The Morgan fingerprint density at radius 3 is 1.95 bits per heavy atom. The number of halogens is 4. The lowest BCUT2D eigenvalue weighted by atomic mass is 9.84. The van der Waals surface area contributed by atoms with Crippen molar-refractivity contribution in [2.45, 2.75) is 64.7 Å². The summed E-state index contributed by atoms with van der Waals surface area (Å²) in [6.45, 7) is 5.58. The quantitative estimate of drug-likeness (QED) is 0.823. The van der Waals surface area contributed by atoms with Crippen LogP contribution < -0.4 is 11.1 Å². The fourth-order valence-electron chi connectivity index (χ4n) is 2.25. The minimum atomic E-state index is -4.11. The molecule has 1 rings (SSSR count). The van der Waals surface area contributed by atoms with Gasteiger partial charge in [0.2, 0.25) is 5.91 Å². The Morgan fingerprint density at radius 2 is 1.60 bits per heavy atom. The first-order valence-electron chi connectivity index (χ1n) is 6.64. The largest absolute Gasteiger partial charge is 0.391 e. The smallest absolute Gasteiger partial charge is 0.352 e. The molecule has 0 heterocycles. The number of carbonyl (C=O) groups excluding carboxylic acids is 1. The Morgan fingerprint density at radius 1 is 1.15 bits per heavy atom. The van der Waals surface area contributed by atoms with Crippen molar-refractivity contribution in [1.29, 1.82) is 0 Å². The molecule has 0 unspecified atom stereocenters. The number of hydrogen-bond acceptors (Lipinski definition) is 2. The van der Waals surface area contributed by atoms with Gasteiger partial charge in [-0.25, -0.2) is 0 Å². The van der Waals surface area contributed by atoms with E-state index in [0.717, 1.165) is 0 Å². The van der Waals surface area contributed by atoms with E-state index in [2.05, 4.69) is 5.32 Å². The van der Waals surface area contributed by atoms with Gasteiger partial charge in [-0.2, -0.15) is 13.2 Å². The maximum Gasteiger partial charge on any atom is 0.391 e. The lowest BCUT2D eigenvalue weighted by molar-refractivity contribution is -0.182. The molecule has 0 bridgehead atoms. The number of carbonyl (C=O) groups is 1. The molecule has 0 aromatic rings. The number of amides is 1. The Labute approximate surface area is 124 Å². The molecular formula is C13H24ClF3N2O. The van der Waals surface area contributed by atoms with Crippen LogP contribution >= 0.6 is 12.4 Å². The molecule has 1 aliphatic rings. The van der Waals surface area contributed by atoms with Crippen molar-refractivity contribution in [2.24, 2.45) is 17.1 Å². The van der Waals surface area contributed by atoms with Crippen molar-refractivity contribution in [3.63, 3.8) is 0 Å². The van der Waals surface area contributed by atoms with Gasteiger partial charge in [-0.1, -0.05) is 20.8 Å². The molecule has 0 radical (unpaired) electrons. The van der Waals surface area contributed by atoms with Gasteiger partial charge in [0.05, 0.1) is 12.0 Å². The summed E-state index contributed by atoms with van der Waals surface area (Å²) in [6, 6.07) is -0.827. The van der Waals surface area contributed by atoms with Crippen molar-refractivity contribution in [3.8, 4) is 0 Å². The third-order valence-corrected chi connectivity index (χ3v) is 3.75. The van der Waals surface area contributed by atoms with E-state index in [-0.39, 0.29) is 42.6 Å². The highest BCUT2D eigenvalue weighted by Gasteiger charge is 2.41. The highest BCUT2D eigenvalue weighted by atomic mass is 35.5. The summed E-state index contributed by atoms with van der Waals surface area (Å²) < 4.78 is 37.5. The summed E-state index contributed by atoms with van der Waals surface area (Å²) in [4.78, 5) is 11.9. The van der Waals surface area contributed by atoms with Crippen LogP contribution in [0, 0.1) is 11.3 Å². The molecule has 3 nitrogen and oxygen atoms in total. The van der Waals surface area contributed by atoms with Crippen molar-refractivity contribution in [2.75, 3.05) is 0 Å². The van der Waals surface area contributed by atoms with Gasteiger partial charge in [-0.05, 0) is 31.1 Å². The molecule has 0 spiro atoms. The van der Waals surface area contributed by atoms with Crippen molar-refractivity contribution < 1.29 is 18.0 Å². The summed E-state index contributed by atoms with van der Waals surface area (Å²) in [6.07, 6.45) is -3.21. The zero-order valence-electron chi connectivity index (χ0n) is 12.1. The number of rotatable bonds is 2. The lowest BCUT2D eigenvalue weighted by Gasteiger charge is -2.32. The van der Waals surface area contributed by atoms with Crippen LogP contribution in [0.3, 0.4) is 0 Å². The first kappa shape index (κ1) is 19.5. The SMILES string of the molecule is CC(C)(C)[C@H](N)C(=O)NC1CCC(C(F)(F)F)CC1.Cl. The number of alkyl halides is 3. The lowest BCUT2D eigenvalue weighted by Crippen LogP contribution is -2.52. The molecule has 0 aliphatic heterocycles. The molecule has 0 saturated heterocycles.